The molecule has 6 nitrogen and oxygen atoms in total. The molecule has 0 bridgehead atoms. The number of amides is 1. The average Bonchev–Trinajstić information content (AvgIpc) is 2.91. The van der Waals surface area contributed by atoms with E-state index in [0.717, 1.165) is 6.08 Å². The highest BCUT2D eigenvalue weighted by molar-refractivity contribution is 5.99. The summed E-state index contributed by atoms with van der Waals surface area (Å²) in [7, 11) is 1.68. The Morgan fingerprint density at radius 2 is 2.27 bits per heavy atom. The van der Waals surface area contributed by atoms with Crippen LogP contribution in [0.15, 0.2) is 47.5 Å². The number of anilines is 1. The second-order valence-electron chi connectivity index (χ2n) is 4.60. The Labute approximate surface area is 124 Å². The number of nitrogens with zero attached hydrogens (tertiary/aromatic N) is 2. The van der Waals surface area contributed by atoms with E-state index in [-0.39, 0.29) is 17.2 Å². The summed E-state index contributed by atoms with van der Waals surface area (Å²) in [4.78, 5) is 13.3. The molecule has 0 saturated heterocycles. The molecule has 0 aliphatic carbocycles. The molecule has 0 saturated carbocycles. The smallest absolute Gasteiger partial charge is 0.365 e. The van der Waals surface area contributed by atoms with Crippen molar-refractivity contribution in [3.05, 3.63) is 47.5 Å². The molecule has 0 aromatic carbocycles. The van der Waals surface area contributed by atoms with Gasteiger partial charge in [-0.1, -0.05) is 6.08 Å². The highest BCUT2D eigenvalue weighted by Crippen LogP contribution is 2.26. The van der Waals surface area contributed by atoms with Crippen LogP contribution in [0.5, 0.6) is 0 Å². The van der Waals surface area contributed by atoms with Gasteiger partial charge < -0.3 is 16.0 Å². The van der Waals surface area contributed by atoms with Gasteiger partial charge >= 0.3 is 6.18 Å². The van der Waals surface area contributed by atoms with E-state index in [2.05, 4.69) is 15.5 Å². The van der Waals surface area contributed by atoms with Crippen LogP contribution in [0.1, 0.15) is 0 Å². The average molecular weight is 313 g/mol. The first-order chi connectivity index (χ1) is 10.3. The summed E-state index contributed by atoms with van der Waals surface area (Å²) in [6.07, 6.45) is -0.566. The lowest BCUT2D eigenvalue weighted by Gasteiger charge is -2.28. The molecule has 2 heterocycles. The standard InChI is InChI=1S/C13H14F3N5O/c1-21-7-4-8(2-5-13(14,15)16)10(11(17)22)12(21)19-9-3-6-18-20-9/h2-6H,7H2,1H3,(H2,17,22)(H2,18,19,20)/b5-2-. The van der Waals surface area contributed by atoms with Crippen molar-refractivity contribution in [1.29, 1.82) is 0 Å². The van der Waals surface area contributed by atoms with Crippen molar-refractivity contribution in [2.24, 2.45) is 5.73 Å². The molecule has 1 aromatic heterocycles. The SMILES string of the molecule is CN1CC=C(/C=C\C(F)(F)F)C(C(N)=O)=C1Nc1ccn[nH]1. The molecular formula is C13H14F3N5O. The zero-order chi connectivity index (χ0) is 16.3. The summed E-state index contributed by atoms with van der Waals surface area (Å²) in [5.74, 6) is -0.0330. The Balaban J connectivity index is 2.40. The molecule has 1 aromatic rings. The summed E-state index contributed by atoms with van der Waals surface area (Å²) >= 11 is 0. The van der Waals surface area contributed by atoms with Crippen molar-refractivity contribution >= 4 is 11.7 Å². The molecule has 0 radical (unpaired) electrons. The van der Waals surface area contributed by atoms with Crippen LogP contribution in [-0.4, -0.2) is 40.8 Å². The van der Waals surface area contributed by atoms with Crippen LogP contribution in [-0.2, 0) is 4.79 Å². The number of H-pyrrole nitrogens is 1. The number of likely N-dealkylation sites (N-methyl/N-ethyl adjacent to an activating group) is 1. The van der Waals surface area contributed by atoms with Gasteiger partial charge in [-0.3, -0.25) is 9.89 Å². The van der Waals surface area contributed by atoms with Gasteiger partial charge in [-0.2, -0.15) is 18.3 Å². The number of rotatable bonds is 4. The number of hydrogen-bond acceptors (Lipinski definition) is 4. The zero-order valence-electron chi connectivity index (χ0n) is 11.6. The quantitative estimate of drug-likeness (QED) is 0.786. The maximum atomic E-state index is 12.3. The minimum Gasteiger partial charge on any atom is -0.365 e. The molecule has 22 heavy (non-hydrogen) atoms. The number of allylic oxidation sites excluding steroid dienone is 2. The fourth-order valence-corrected chi connectivity index (χ4v) is 1.96. The molecule has 118 valence electrons. The van der Waals surface area contributed by atoms with E-state index in [1.165, 1.54) is 12.3 Å². The van der Waals surface area contributed by atoms with Gasteiger partial charge in [-0.05, 0) is 11.6 Å². The summed E-state index contributed by atoms with van der Waals surface area (Å²) in [5, 5.41) is 9.29. The van der Waals surface area contributed by atoms with Crippen LogP contribution in [0.3, 0.4) is 0 Å². The van der Waals surface area contributed by atoms with E-state index in [9.17, 15) is 18.0 Å². The van der Waals surface area contributed by atoms with E-state index in [4.69, 9.17) is 5.73 Å². The van der Waals surface area contributed by atoms with Crippen molar-refractivity contribution in [3.8, 4) is 0 Å². The Hall–Kier alpha value is -2.71. The van der Waals surface area contributed by atoms with Gasteiger partial charge in [0, 0.05) is 25.7 Å². The largest absolute Gasteiger partial charge is 0.409 e. The number of nitrogens with one attached hydrogen (secondary N) is 2. The van der Waals surface area contributed by atoms with Gasteiger partial charge in [0.15, 0.2) is 0 Å². The number of carbonyl (C=O) groups excluding carboxylic acids is 1. The van der Waals surface area contributed by atoms with Crippen molar-refractivity contribution < 1.29 is 18.0 Å². The van der Waals surface area contributed by atoms with Crippen LogP contribution in [0.25, 0.3) is 0 Å². The van der Waals surface area contributed by atoms with Gasteiger partial charge in [-0.25, -0.2) is 0 Å². The molecule has 4 N–H and O–H groups in total. The minimum atomic E-state index is -4.47. The Morgan fingerprint density at radius 3 is 2.82 bits per heavy atom. The van der Waals surface area contributed by atoms with Crippen LogP contribution < -0.4 is 11.1 Å². The molecular weight excluding hydrogens is 299 g/mol. The normalized spacial score (nSPS) is 16.2. The fraction of sp³-hybridized carbons (Fsp3) is 0.231. The number of hydrogen-bond donors (Lipinski definition) is 3. The molecule has 9 heteroatoms. The van der Waals surface area contributed by atoms with Crippen molar-refractivity contribution in [3.63, 3.8) is 0 Å². The molecule has 0 spiro atoms. The molecule has 0 fully saturated rings. The molecule has 1 aliphatic rings. The first-order valence-corrected chi connectivity index (χ1v) is 6.26. The summed E-state index contributed by atoms with van der Waals surface area (Å²) < 4.78 is 37.0. The van der Waals surface area contributed by atoms with E-state index in [1.807, 2.05) is 0 Å². The van der Waals surface area contributed by atoms with E-state index >= 15 is 0 Å². The number of nitrogens with two attached hydrogens (primary N) is 1. The minimum absolute atomic E-state index is 0.0242. The number of halogens is 3. The molecule has 1 amide bonds. The van der Waals surface area contributed by atoms with E-state index in [0.29, 0.717) is 18.2 Å². The number of aromatic nitrogens is 2. The van der Waals surface area contributed by atoms with Gasteiger partial charge in [0.25, 0.3) is 5.91 Å². The van der Waals surface area contributed by atoms with E-state index in [1.54, 1.807) is 18.0 Å². The Kier molecular flexibility index (Phi) is 4.25. The molecule has 0 atom stereocenters. The lowest BCUT2D eigenvalue weighted by atomic mass is 10.0. The Bertz CT molecular complexity index is 643. The van der Waals surface area contributed by atoms with E-state index < -0.39 is 12.1 Å². The third kappa shape index (κ3) is 3.68. The fourth-order valence-electron chi connectivity index (χ4n) is 1.96. The van der Waals surface area contributed by atoms with Crippen LogP contribution in [0.4, 0.5) is 19.0 Å². The zero-order valence-corrected chi connectivity index (χ0v) is 11.6. The van der Waals surface area contributed by atoms with Gasteiger partial charge in [0.05, 0.1) is 11.8 Å². The molecule has 0 unspecified atom stereocenters. The first kappa shape index (κ1) is 15.7. The number of carbonyl (C=O) groups is 1. The molecule has 1 aliphatic heterocycles. The van der Waals surface area contributed by atoms with Gasteiger partial charge in [-0.15, -0.1) is 0 Å². The summed E-state index contributed by atoms with van der Waals surface area (Å²) in [5.41, 5.74) is 5.42. The second kappa shape index (κ2) is 5.96. The predicted octanol–water partition coefficient (Wildman–Crippen LogP) is 1.51. The van der Waals surface area contributed by atoms with Crippen LogP contribution in [0.2, 0.25) is 0 Å². The van der Waals surface area contributed by atoms with Crippen LogP contribution in [0, 0.1) is 0 Å². The lowest BCUT2D eigenvalue weighted by Crippen LogP contribution is -2.33. The third-order valence-electron chi connectivity index (χ3n) is 2.94. The van der Waals surface area contributed by atoms with Crippen molar-refractivity contribution in [2.75, 3.05) is 18.9 Å². The highest BCUT2D eigenvalue weighted by Gasteiger charge is 2.26. The lowest BCUT2D eigenvalue weighted by molar-refractivity contribution is -0.114. The predicted molar refractivity (Wildman–Crippen MR) is 74.3 cm³/mol. The van der Waals surface area contributed by atoms with Crippen molar-refractivity contribution in [1.82, 2.24) is 15.1 Å². The maximum Gasteiger partial charge on any atom is 0.409 e. The Morgan fingerprint density at radius 1 is 1.55 bits per heavy atom. The summed E-state index contributed by atoms with van der Waals surface area (Å²) in [6, 6.07) is 1.61. The second-order valence-corrected chi connectivity index (χ2v) is 4.60. The first-order valence-electron chi connectivity index (χ1n) is 6.26. The summed E-state index contributed by atoms with van der Waals surface area (Å²) in [6.45, 7) is 0.324. The van der Waals surface area contributed by atoms with Gasteiger partial charge in [0.2, 0.25) is 0 Å². The topological polar surface area (TPSA) is 87.0 Å². The third-order valence-corrected chi connectivity index (χ3v) is 2.94. The van der Waals surface area contributed by atoms with Crippen molar-refractivity contribution in [2.45, 2.75) is 6.18 Å². The monoisotopic (exact) mass is 313 g/mol. The number of primary amides is 1. The number of alkyl halides is 3. The molecule has 2 rings (SSSR count). The maximum absolute atomic E-state index is 12.3. The number of aromatic amines is 1. The highest BCUT2D eigenvalue weighted by atomic mass is 19.4. The van der Waals surface area contributed by atoms with Gasteiger partial charge in [0.1, 0.15) is 11.6 Å². The van der Waals surface area contributed by atoms with Crippen LogP contribution >= 0.6 is 0 Å².